The van der Waals surface area contributed by atoms with Crippen LogP contribution in [0.5, 0.6) is 0 Å². The summed E-state index contributed by atoms with van der Waals surface area (Å²) < 4.78 is 1.38. The van der Waals surface area contributed by atoms with Gasteiger partial charge in [0.25, 0.3) is 5.56 Å². The Balaban J connectivity index is 1.76. The summed E-state index contributed by atoms with van der Waals surface area (Å²) in [5.74, 6) is 0. The van der Waals surface area contributed by atoms with Crippen LogP contribution in [0.3, 0.4) is 0 Å². The molecule has 1 spiro atoms. The van der Waals surface area contributed by atoms with Gasteiger partial charge >= 0.3 is 5.69 Å². The Bertz CT molecular complexity index is 1120. The molecule has 0 saturated heterocycles. The molecule has 2 aromatic carbocycles. The maximum atomic E-state index is 13.6. The number of nitrogens with one attached hydrogen (secondary N) is 1. The fourth-order valence-electron chi connectivity index (χ4n) is 5.02. The second kappa shape index (κ2) is 6.08. The number of rotatable bonds is 2. The maximum absolute atomic E-state index is 13.6. The van der Waals surface area contributed by atoms with E-state index in [0.29, 0.717) is 6.54 Å². The molecule has 0 amide bonds. The monoisotopic (exact) mass is 358 g/mol. The standard InChI is InChI=1S/C23H22N2O2/c26-21-19-20(24-22(27)25(21)15-16-8-2-1-3-9-16)18-11-5-4-10-17(18)14-23(19)12-6-7-13-23/h1-5,8-11H,6-7,12-15H2,(H,24,27). The van der Waals surface area contributed by atoms with E-state index in [1.165, 1.54) is 10.1 Å². The van der Waals surface area contributed by atoms with Crippen LogP contribution >= 0.6 is 0 Å². The van der Waals surface area contributed by atoms with Gasteiger partial charge < -0.3 is 4.98 Å². The van der Waals surface area contributed by atoms with Crippen molar-refractivity contribution in [2.75, 3.05) is 0 Å². The fourth-order valence-corrected chi connectivity index (χ4v) is 5.02. The van der Waals surface area contributed by atoms with Crippen LogP contribution in [0.4, 0.5) is 0 Å². The number of aromatic amines is 1. The lowest BCUT2D eigenvalue weighted by Crippen LogP contribution is -2.45. The summed E-state index contributed by atoms with van der Waals surface area (Å²) in [4.78, 5) is 29.5. The summed E-state index contributed by atoms with van der Waals surface area (Å²) >= 11 is 0. The number of hydrogen-bond acceptors (Lipinski definition) is 2. The highest BCUT2D eigenvalue weighted by Crippen LogP contribution is 2.49. The van der Waals surface area contributed by atoms with E-state index in [9.17, 15) is 9.59 Å². The number of hydrogen-bond donors (Lipinski definition) is 1. The Morgan fingerprint density at radius 2 is 1.63 bits per heavy atom. The van der Waals surface area contributed by atoms with Crippen molar-refractivity contribution in [1.29, 1.82) is 0 Å². The van der Waals surface area contributed by atoms with Crippen molar-refractivity contribution in [3.63, 3.8) is 0 Å². The zero-order valence-electron chi connectivity index (χ0n) is 15.2. The first-order chi connectivity index (χ1) is 13.2. The molecule has 1 fully saturated rings. The van der Waals surface area contributed by atoms with E-state index in [0.717, 1.165) is 54.5 Å². The van der Waals surface area contributed by atoms with E-state index < -0.39 is 0 Å². The minimum absolute atomic E-state index is 0.117. The molecule has 4 heteroatoms. The van der Waals surface area contributed by atoms with Crippen molar-refractivity contribution in [3.05, 3.63) is 92.1 Å². The van der Waals surface area contributed by atoms with Crippen LogP contribution < -0.4 is 11.2 Å². The van der Waals surface area contributed by atoms with E-state index in [2.05, 4.69) is 11.1 Å². The van der Waals surface area contributed by atoms with Gasteiger partial charge in [0.05, 0.1) is 12.2 Å². The predicted molar refractivity (Wildman–Crippen MR) is 106 cm³/mol. The van der Waals surface area contributed by atoms with Crippen LogP contribution in [0.2, 0.25) is 0 Å². The van der Waals surface area contributed by atoms with Crippen LogP contribution in [0.25, 0.3) is 11.3 Å². The van der Waals surface area contributed by atoms with E-state index in [1.54, 1.807) is 0 Å². The molecule has 2 aliphatic rings. The molecule has 2 aliphatic carbocycles. The summed E-state index contributed by atoms with van der Waals surface area (Å²) in [6, 6.07) is 17.9. The van der Waals surface area contributed by atoms with E-state index in [1.807, 2.05) is 48.5 Å². The Morgan fingerprint density at radius 3 is 2.41 bits per heavy atom. The highest BCUT2D eigenvalue weighted by Gasteiger charge is 2.44. The molecule has 0 atom stereocenters. The molecule has 1 aromatic heterocycles. The number of nitrogens with zero attached hydrogens (tertiary/aromatic N) is 1. The van der Waals surface area contributed by atoms with Gasteiger partial charge in [0.1, 0.15) is 0 Å². The molecule has 1 saturated carbocycles. The SMILES string of the molecule is O=c1[nH]c2c(c(=O)n1Cc1ccccc1)C1(CCCC1)Cc1ccccc1-2. The highest BCUT2D eigenvalue weighted by molar-refractivity contribution is 5.71. The Labute approximate surface area is 157 Å². The molecule has 27 heavy (non-hydrogen) atoms. The fraction of sp³-hybridized carbons (Fsp3) is 0.304. The molecule has 136 valence electrons. The van der Waals surface area contributed by atoms with Crippen LogP contribution in [0.1, 0.15) is 42.4 Å². The first kappa shape index (κ1) is 16.3. The van der Waals surface area contributed by atoms with Gasteiger partial charge in [0.15, 0.2) is 0 Å². The van der Waals surface area contributed by atoms with Gasteiger partial charge in [-0.25, -0.2) is 4.79 Å². The normalized spacial score (nSPS) is 16.9. The summed E-state index contributed by atoms with van der Waals surface area (Å²) in [7, 11) is 0. The Hall–Kier alpha value is -2.88. The third kappa shape index (κ3) is 2.51. The first-order valence-electron chi connectivity index (χ1n) is 9.68. The zero-order chi connectivity index (χ0) is 18.4. The molecule has 5 rings (SSSR count). The molecular formula is C23H22N2O2. The lowest BCUT2D eigenvalue weighted by molar-refractivity contribution is 0.420. The molecular weight excluding hydrogens is 336 g/mol. The van der Waals surface area contributed by atoms with Crippen LogP contribution in [-0.2, 0) is 18.4 Å². The van der Waals surface area contributed by atoms with Crippen LogP contribution in [0, 0.1) is 0 Å². The first-order valence-corrected chi connectivity index (χ1v) is 9.68. The minimum Gasteiger partial charge on any atom is -0.306 e. The number of benzene rings is 2. The molecule has 0 aliphatic heterocycles. The van der Waals surface area contributed by atoms with Gasteiger partial charge in [-0.2, -0.15) is 0 Å². The third-order valence-electron chi connectivity index (χ3n) is 6.28. The molecule has 0 radical (unpaired) electrons. The number of aromatic nitrogens is 2. The van der Waals surface area contributed by atoms with E-state index in [-0.39, 0.29) is 16.7 Å². The van der Waals surface area contributed by atoms with Crippen molar-refractivity contribution in [3.8, 4) is 11.3 Å². The lowest BCUT2D eigenvalue weighted by Gasteiger charge is -2.36. The highest BCUT2D eigenvalue weighted by atomic mass is 16.2. The van der Waals surface area contributed by atoms with Crippen molar-refractivity contribution in [2.45, 2.75) is 44.1 Å². The van der Waals surface area contributed by atoms with Gasteiger partial charge in [0.2, 0.25) is 0 Å². The second-order valence-electron chi connectivity index (χ2n) is 7.88. The summed E-state index contributed by atoms with van der Waals surface area (Å²) in [6.45, 7) is 0.306. The van der Waals surface area contributed by atoms with Crippen LogP contribution in [-0.4, -0.2) is 9.55 Å². The molecule has 1 N–H and O–H groups in total. The summed E-state index contributed by atoms with van der Waals surface area (Å²) in [5.41, 5.74) is 4.20. The second-order valence-corrected chi connectivity index (χ2v) is 7.88. The average Bonchev–Trinajstić information content (AvgIpc) is 3.14. The van der Waals surface area contributed by atoms with Gasteiger partial charge in [-0.3, -0.25) is 9.36 Å². The topological polar surface area (TPSA) is 54.9 Å². The van der Waals surface area contributed by atoms with E-state index in [4.69, 9.17) is 0 Å². The van der Waals surface area contributed by atoms with Gasteiger partial charge in [0, 0.05) is 16.5 Å². The van der Waals surface area contributed by atoms with E-state index >= 15 is 0 Å². The minimum atomic E-state index is -0.326. The molecule has 1 heterocycles. The largest absolute Gasteiger partial charge is 0.329 e. The number of H-pyrrole nitrogens is 1. The molecule has 4 nitrogen and oxygen atoms in total. The predicted octanol–water partition coefficient (Wildman–Crippen LogP) is 3.62. The van der Waals surface area contributed by atoms with Crippen molar-refractivity contribution < 1.29 is 0 Å². The van der Waals surface area contributed by atoms with Crippen LogP contribution in [0.15, 0.2) is 64.2 Å². The lowest BCUT2D eigenvalue weighted by atomic mass is 9.68. The van der Waals surface area contributed by atoms with Crippen molar-refractivity contribution in [1.82, 2.24) is 9.55 Å². The number of fused-ring (bicyclic) bond motifs is 4. The van der Waals surface area contributed by atoms with Gasteiger partial charge in [-0.1, -0.05) is 67.4 Å². The average molecular weight is 358 g/mol. The summed E-state index contributed by atoms with van der Waals surface area (Å²) in [6.07, 6.45) is 5.20. The maximum Gasteiger partial charge on any atom is 0.329 e. The molecule has 3 aromatic rings. The Morgan fingerprint density at radius 1 is 0.926 bits per heavy atom. The van der Waals surface area contributed by atoms with Crippen molar-refractivity contribution in [2.24, 2.45) is 0 Å². The summed E-state index contributed by atoms with van der Waals surface area (Å²) in [5, 5.41) is 0. The third-order valence-corrected chi connectivity index (χ3v) is 6.28. The smallest absolute Gasteiger partial charge is 0.306 e. The zero-order valence-corrected chi connectivity index (χ0v) is 15.2. The quantitative estimate of drug-likeness (QED) is 0.761. The molecule has 0 bridgehead atoms. The molecule has 0 unspecified atom stereocenters. The Kier molecular flexibility index (Phi) is 3.67. The van der Waals surface area contributed by atoms with Gasteiger partial charge in [-0.15, -0.1) is 0 Å². The van der Waals surface area contributed by atoms with Gasteiger partial charge in [-0.05, 0) is 30.4 Å². The van der Waals surface area contributed by atoms with Crippen molar-refractivity contribution >= 4 is 0 Å².